The number of carboxylic acid groups (broad SMARTS) is 2. The Morgan fingerprint density at radius 2 is 1.73 bits per heavy atom. The number of aromatic nitrogens is 2. The van der Waals surface area contributed by atoms with E-state index in [2.05, 4.69) is 28.0 Å². The number of aryl methyl sites for hydroxylation is 1. The molecular formula is C20H34N4O6. The van der Waals surface area contributed by atoms with Crippen molar-refractivity contribution in [2.45, 2.75) is 45.0 Å². The van der Waals surface area contributed by atoms with Crippen molar-refractivity contribution in [3.05, 3.63) is 18.0 Å². The fraction of sp³-hybridized carbons (Fsp3) is 0.750. The highest BCUT2D eigenvalue weighted by Gasteiger charge is 2.43. The number of aliphatic hydroxyl groups is 1. The predicted octanol–water partition coefficient (Wildman–Crippen LogP) is 0.208. The second-order valence-electron chi connectivity index (χ2n) is 7.88. The lowest BCUT2D eigenvalue weighted by Gasteiger charge is -2.43. The van der Waals surface area contributed by atoms with Crippen LogP contribution in [0.3, 0.4) is 0 Å². The quantitative estimate of drug-likeness (QED) is 0.579. The van der Waals surface area contributed by atoms with Crippen molar-refractivity contribution in [1.82, 2.24) is 19.6 Å². The Morgan fingerprint density at radius 1 is 1.13 bits per heavy atom. The third kappa shape index (κ3) is 6.76. The molecule has 1 aromatic heterocycles. The second-order valence-corrected chi connectivity index (χ2v) is 7.88. The van der Waals surface area contributed by atoms with Gasteiger partial charge in [-0.3, -0.25) is 24.1 Å². The van der Waals surface area contributed by atoms with E-state index >= 15 is 0 Å². The van der Waals surface area contributed by atoms with Crippen molar-refractivity contribution in [2.75, 3.05) is 39.4 Å². The van der Waals surface area contributed by atoms with Crippen LogP contribution in [0, 0.1) is 11.8 Å². The van der Waals surface area contributed by atoms with Crippen molar-refractivity contribution in [2.24, 2.45) is 11.8 Å². The zero-order valence-electron chi connectivity index (χ0n) is 17.5. The first-order valence-electron chi connectivity index (χ1n) is 10.4. The van der Waals surface area contributed by atoms with E-state index in [0.29, 0.717) is 12.0 Å². The number of nitrogens with zero attached hydrogens (tertiary/aromatic N) is 4. The molecule has 0 amide bonds. The molecule has 4 rings (SSSR count). The number of fused-ring (bicyclic) bond motifs is 1. The maximum absolute atomic E-state index is 10.7. The average Bonchev–Trinajstić information content (AvgIpc) is 3.35. The van der Waals surface area contributed by atoms with E-state index in [1.807, 2.05) is 10.9 Å². The van der Waals surface area contributed by atoms with Crippen LogP contribution in [0.4, 0.5) is 0 Å². The van der Waals surface area contributed by atoms with Gasteiger partial charge in [-0.15, -0.1) is 0 Å². The molecule has 2 saturated heterocycles. The minimum atomic E-state index is -0.250. The van der Waals surface area contributed by atoms with Crippen LogP contribution < -0.4 is 0 Å². The van der Waals surface area contributed by atoms with Gasteiger partial charge in [0.25, 0.3) is 12.9 Å². The highest BCUT2D eigenvalue weighted by Crippen LogP contribution is 2.38. The summed E-state index contributed by atoms with van der Waals surface area (Å²) in [5, 5.41) is 28.8. The zero-order valence-corrected chi connectivity index (χ0v) is 17.5. The molecule has 3 heterocycles. The summed E-state index contributed by atoms with van der Waals surface area (Å²) in [5.74, 6) is 1.38. The molecule has 30 heavy (non-hydrogen) atoms. The molecule has 3 N–H and O–H groups in total. The SMILES string of the molecule is CCn1cc(CN2C[C@H]3C[C@@H](N4CCOCC4)[C@H](O)C[C@H]3C2)cn1.O=CO.O=CO. The third-order valence-electron chi connectivity index (χ3n) is 6.12. The number of aliphatic hydroxyl groups excluding tert-OH is 1. The summed E-state index contributed by atoms with van der Waals surface area (Å²) in [6.07, 6.45) is 6.07. The molecule has 3 fully saturated rings. The molecular weight excluding hydrogens is 392 g/mol. The van der Waals surface area contributed by atoms with Crippen LogP contribution in [0.1, 0.15) is 25.3 Å². The first-order chi connectivity index (χ1) is 14.6. The average molecular weight is 427 g/mol. The van der Waals surface area contributed by atoms with Crippen molar-refractivity contribution in [3.8, 4) is 0 Å². The molecule has 0 unspecified atom stereocenters. The highest BCUT2D eigenvalue weighted by atomic mass is 16.5. The molecule has 4 atom stereocenters. The monoisotopic (exact) mass is 426 g/mol. The molecule has 0 spiro atoms. The molecule has 2 aliphatic heterocycles. The smallest absolute Gasteiger partial charge is 0.290 e. The van der Waals surface area contributed by atoms with Crippen LogP contribution >= 0.6 is 0 Å². The summed E-state index contributed by atoms with van der Waals surface area (Å²) >= 11 is 0. The van der Waals surface area contributed by atoms with Crippen molar-refractivity contribution in [1.29, 1.82) is 0 Å². The van der Waals surface area contributed by atoms with E-state index in [1.165, 1.54) is 5.56 Å². The van der Waals surface area contributed by atoms with Gasteiger partial charge in [-0.05, 0) is 31.6 Å². The Labute approximate surface area is 177 Å². The van der Waals surface area contributed by atoms with Gasteiger partial charge in [0.2, 0.25) is 0 Å². The highest BCUT2D eigenvalue weighted by molar-refractivity contribution is 5.33. The lowest BCUT2D eigenvalue weighted by Crippen LogP contribution is -2.53. The summed E-state index contributed by atoms with van der Waals surface area (Å²) < 4.78 is 7.46. The van der Waals surface area contributed by atoms with Gasteiger partial charge in [0.1, 0.15) is 0 Å². The van der Waals surface area contributed by atoms with Crippen LogP contribution in [-0.4, -0.2) is 99.4 Å². The van der Waals surface area contributed by atoms with E-state index in [-0.39, 0.29) is 19.0 Å². The standard InChI is InChI=1S/C18H30N4O2.2CH2O2/c1-2-22-11-14(9-19-22)10-20-12-15-7-17(18(23)8-16(15)13-20)21-3-5-24-6-4-21;2*2-1-3/h9,11,15-18,23H,2-8,10,12-13H2,1H3;2*1H,(H,2,3)/t15-,16+,17-,18-;;/m1../s1. The number of ether oxygens (including phenoxy) is 1. The summed E-state index contributed by atoms with van der Waals surface area (Å²) in [7, 11) is 0. The van der Waals surface area contributed by atoms with E-state index in [9.17, 15) is 5.11 Å². The fourth-order valence-electron chi connectivity index (χ4n) is 4.85. The molecule has 3 aliphatic rings. The van der Waals surface area contributed by atoms with E-state index in [4.69, 9.17) is 24.5 Å². The molecule has 0 aromatic carbocycles. The summed E-state index contributed by atoms with van der Waals surface area (Å²) in [6, 6.07) is 0.331. The Kier molecular flexibility index (Phi) is 10.2. The van der Waals surface area contributed by atoms with Gasteiger partial charge in [-0.2, -0.15) is 5.10 Å². The number of rotatable bonds is 4. The Balaban J connectivity index is 0.000000480. The van der Waals surface area contributed by atoms with E-state index in [1.54, 1.807) is 0 Å². The zero-order chi connectivity index (χ0) is 21.9. The first kappa shape index (κ1) is 24.3. The molecule has 10 heteroatoms. The van der Waals surface area contributed by atoms with Gasteiger partial charge >= 0.3 is 0 Å². The van der Waals surface area contributed by atoms with Crippen LogP contribution in [0.5, 0.6) is 0 Å². The van der Waals surface area contributed by atoms with Gasteiger partial charge < -0.3 is 20.1 Å². The molecule has 0 bridgehead atoms. The van der Waals surface area contributed by atoms with Crippen LogP contribution in [-0.2, 0) is 27.4 Å². The minimum absolute atomic E-state index is 0.174. The third-order valence-corrected chi connectivity index (χ3v) is 6.12. The van der Waals surface area contributed by atoms with Crippen molar-refractivity contribution < 1.29 is 29.6 Å². The largest absolute Gasteiger partial charge is 0.483 e. The fourth-order valence-corrected chi connectivity index (χ4v) is 4.85. The number of morpholine rings is 1. The summed E-state index contributed by atoms with van der Waals surface area (Å²) in [5.41, 5.74) is 1.31. The Bertz CT molecular complexity index is 631. The molecule has 0 radical (unpaired) electrons. The Morgan fingerprint density at radius 3 is 2.30 bits per heavy atom. The van der Waals surface area contributed by atoms with Crippen molar-refractivity contribution >= 4 is 12.9 Å². The number of hydrogen-bond acceptors (Lipinski definition) is 7. The van der Waals surface area contributed by atoms with Crippen LogP contribution in [0.25, 0.3) is 0 Å². The minimum Gasteiger partial charge on any atom is -0.483 e. The topological polar surface area (TPSA) is 128 Å². The number of carbonyl (C=O) groups is 2. The predicted molar refractivity (Wildman–Crippen MR) is 109 cm³/mol. The second kappa shape index (κ2) is 12.6. The van der Waals surface area contributed by atoms with E-state index in [0.717, 1.165) is 71.2 Å². The lowest BCUT2D eigenvalue weighted by atomic mass is 9.77. The van der Waals surface area contributed by atoms with Crippen molar-refractivity contribution in [3.63, 3.8) is 0 Å². The van der Waals surface area contributed by atoms with Crippen LogP contribution in [0.15, 0.2) is 12.4 Å². The van der Waals surface area contributed by atoms with Gasteiger partial charge in [0, 0.05) is 57.1 Å². The molecule has 10 nitrogen and oxygen atoms in total. The maximum Gasteiger partial charge on any atom is 0.290 e. The van der Waals surface area contributed by atoms with Gasteiger partial charge in [-0.25, -0.2) is 0 Å². The molecule has 1 saturated carbocycles. The number of hydrogen-bond donors (Lipinski definition) is 3. The van der Waals surface area contributed by atoms with E-state index < -0.39 is 0 Å². The molecule has 170 valence electrons. The summed E-state index contributed by atoms with van der Waals surface area (Å²) in [4.78, 5) is 21.7. The molecule has 1 aliphatic carbocycles. The maximum atomic E-state index is 10.7. The van der Waals surface area contributed by atoms with Gasteiger partial charge in [-0.1, -0.05) is 0 Å². The number of likely N-dealkylation sites (tertiary alicyclic amines) is 1. The summed E-state index contributed by atoms with van der Waals surface area (Å²) in [6.45, 7) is 9.39. The normalized spacial score (nSPS) is 29.0. The lowest BCUT2D eigenvalue weighted by molar-refractivity contribution is -0.123. The van der Waals surface area contributed by atoms with Gasteiger partial charge in [0.15, 0.2) is 0 Å². The Hall–Kier alpha value is -2.01. The van der Waals surface area contributed by atoms with Gasteiger partial charge in [0.05, 0.1) is 25.5 Å². The van der Waals surface area contributed by atoms with Crippen LogP contribution in [0.2, 0.25) is 0 Å². The first-order valence-corrected chi connectivity index (χ1v) is 10.4. The molecule has 1 aromatic rings.